The number of carbonyl (C=O) groups excluding carboxylic acids is 1. The summed E-state index contributed by atoms with van der Waals surface area (Å²) in [5.41, 5.74) is 0.642. The molecular formula is C15H23N3OS. The van der Waals surface area contributed by atoms with Crippen LogP contribution >= 0.6 is 11.3 Å². The van der Waals surface area contributed by atoms with E-state index in [1.165, 1.54) is 0 Å². The maximum atomic E-state index is 12.6. The fourth-order valence-electron chi connectivity index (χ4n) is 3.23. The third kappa shape index (κ3) is 2.74. The lowest BCUT2D eigenvalue weighted by molar-refractivity contribution is 0.0753. The molecule has 0 saturated carbocycles. The molecule has 4 nitrogen and oxygen atoms in total. The molecule has 2 fully saturated rings. The molecule has 0 radical (unpaired) electrons. The van der Waals surface area contributed by atoms with Crippen LogP contribution in [0.2, 0.25) is 0 Å². The van der Waals surface area contributed by atoms with Crippen LogP contribution in [0.4, 0.5) is 0 Å². The lowest BCUT2D eigenvalue weighted by atomic mass is 9.92. The van der Waals surface area contributed by atoms with E-state index in [2.05, 4.69) is 24.1 Å². The first-order valence-electron chi connectivity index (χ1n) is 7.60. The molecule has 0 unspecified atom stereocenters. The van der Waals surface area contributed by atoms with Crippen molar-refractivity contribution in [1.82, 2.24) is 15.2 Å². The minimum absolute atomic E-state index is 0.126. The number of rotatable bonds is 2. The maximum absolute atomic E-state index is 12.6. The van der Waals surface area contributed by atoms with Gasteiger partial charge in [0, 0.05) is 24.4 Å². The lowest BCUT2D eigenvalue weighted by Crippen LogP contribution is -2.33. The smallest absolute Gasteiger partial charge is 0.273 e. The number of nitrogens with zero attached hydrogens (tertiary/aromatic N) is 2. The Morgan fingerprint density at radius 1 is 1.35 bits per heavy atom. The highest BCUT2D eigenvalue weighted by Gasteiger charge is 2.32. The summed E-state index contributed by atoms with van der Waals surface area (Å²) in [5, 5.41) is 6.45. The molecule has 1 aromatic rings. The van der Waals surface area contributed by atoms with E-state index in [1.54, 1.807) is 11.3 Å². The predicted molar refractivity (Wildman–Crippen MR) is 81.2 cm³/mol. The minimum Gasteiger partial charge on any atom is -0.337 e. The third-order valence-corrected chi connectivity index (χ3v) is 5.69. The van der Waals surface area contributed by atoms with Crippen molar-refractivity contribution in [3.63, 3.8) is 0 Å². The van der Waals surface area contributed by atoms with Gasteiger partial charge in [-0.25, -0.2) is 4.98 Å². The fraction of sp³-hybridized carbons (Fsp3) is 0.733. The first-order chi connectivity index (χ1) is 9.65. The van der Waals surface area contributed by atoms with Crippen molar-refractivity contribution >= 4 is 17.2 Å². The molecule has 2 aliphatic heterocycles. The molecule has 3 heterocycles. The zero-order valence-electron chi connectivity index (χ0n) is 12.3. The number of thiazole rings is 1. The van der Waals surface area contributed by atoms with E-state index in [0.717, 1.165) is 55.9 Å². The van der Waals surface area contributed by atoms with Gasteiger partial charge in [0.2, 0.25) is 0 Å². The van der Waals surface area contributed by atoms with Gasteiger partial charge in [-0.3, -0.25) is 4.79 Å². The number of hydrogen-bond donors (Lipinski definition) is 1. The Labute approximate surface area is 124 Å². The first-order valence-corrected chi connectivity index (χ1v) is 8.48. The molecule has 1 amide bonds. The highest BCUT2D eigenvalue weighted by molar-refractivity contribution is 7.09. The van der Waals surface area contributed by atoms with E-state index >= 15 is 0 Å². The molecule has 3 rings (SSSR count). The van der Waals surface area contributed by atoms with Gasteiger partial charge >= 0.3 is 0 Å². The van der Waals surface area contributed by atoms with Crippen molar-refractivity contribution in [3.8, 4) is 0 Å². The Hall–Kier alpha value is -0.940. The molecule has 2 aliphatic rings. The zero-order chi connectivity index (χ0) is 14.1. The van der Waals surface area contributed by atoms with Crippen molar-refractivity contribution in [2.45, 2.75) is 32.6 Å². The summed E-state index contributed by atoms with van der Waals surface area (Å²) in [6, 6.07) is 0. The number of carbonyl (C=O) groups is 1. The average molecular weight is 293 g/mol. The van der Waals surface area contributed by atoms with Gasteiger partial charge < -0.3 is 10.2 Å². The van der Waals surface area contributed by atoms with Crippen LogP contribution < -0.4 is 5.32 Å². The van der Waals surface area contributed by atoms with Crippen molar-refractivity contribution in [2.75, 3.05) is 26.2 Å². The number of fused-ring (bicyclic) bond motifs is 1. The minimum atomic E-state index is 0.126. The van der Waals surface area contributed by atoms with Gasteiger partial charge in [-0.1, -0.05) is 13.8 Å². The SMILES string of the molecule is CC(C)c1nc(C(=O)N2CC[C@@H]3CNC[C@@H]3CC2)cs1. The molecule has 0 aliphatic carbocycles. The highest BCUT2D eigenvalue weighted by Crippen LogP contribution is 2.28. The predicted octanol–water partition coefficient (Wildman–Crippen LogP) is 2.34. The molecule has 5 heteroatoms. The van der Waals surface area contributed by atoms with Crippen LogP contribution in [0.3, 0.4) is 0 Å². The highest BCUT2D eigenvalue weighted by atomic mass is 32.1. The molecule has 0 spiro atoms. The summed E-state index contributed by atoms with van der Waals surface area (Å²) in [6.07, 6.45) is 2.26. The fourth-order valence-corrected chi connectivity index (χ4v) is 4.04. The molecule has 1 N–H and O–H groups in total. The van der Waals surface area contributed by atoms with E-state index in [9.17, 15) is 4.79 Å². The van der Waals surface area contributed by atoms with Crippen molar-refractivity contribution in [2.24, 2.45) is 11.8 Å². The van der Waals surface area contributed by atoms with Gasteiger partial charge in [-0.05, 0) is 37.8 Å². The average Bonchev–Trinajstić information content (AvgIpc) is 3.04. The number of likely N-dealkylation sites (tertiary alicyclic amines) is 1. The van der Waals surface area contributed by atoms with Gasteiger partial charge in [0.05, 0.1) is 5.01 Å². The Kier molecular flexibility index (Phi) is 4.08. The molecule has 20 heavy (non-hydrogen) atoms. The Balaban J connectivity index is 1.67. The van der Waals surface area contributed by atoms with E-state index in [0.29, 0.717) is 11.6 Å². The van der Waals surface area contributed by atoms with Crippen LogP contribution in [-0.2, 0) is 0 Å². The molecule has 2 saturated heterocycles. The van der Waals surface area contributed by atoms with E-state index in [1.807, 2.05) is 10.3 Å². The second kappa shape index (κ2) is 5.82. The number of nitrogens with one attached hydrogen (secondary N) is 1. The van der Waals surface area contributed by atoms with Crippen LogP contribution in [0.25, 0.3) is 0 Å². The van der Waals surface area contributed by atoms with Gasteiger partial charge in [-0.2, -0.15) is 0 Å². The summed E-state index contributed by atoms with van der Waals surface area (Å²) in [7, 11) is 0. The largest absolute Gasteiger partial charge is 0.337 e. The van der Waals surface area contributed by atoms with Gasteiger partial charge in [-0.15, -0.1) is 11.3 Å². The van der Waals surface area contributed by atoms with Crippen LogP contribution in [-0.4, -0.2) is 42.0 Å². The van der Waals surface area contributed by atoms with Gasteiger partial charge in [0.25, 0.3) is 5.91 Å². The van der Waals surface area contributed by atoms with Crippen LogP contribution in [0.1, 0.15) is 48.1 Å². The van der Waals surface area contributed by atoms with E-state index in [-0.39, 0.29) is 5.91 Å². The quantitative estimate of drug-likeness (QED) is 0.910. The van der Waals surface area contributed by atoms with E-state index in [4.69, 9.17) is 0 Å². The summed E-state index contributed by atoms with van der Waals surface area (Å²) >= 11 is 1.60. The second-order valence-corrected chi connectivity index (χ2v) is 7.16. The molecule has 0 bridgehead atoms. The van der Waals surface area contributed by atoms with Crippen LogP contribution in [0.5, 0.6) is 0 Å². The molecule has 110 valence electrons. The summed E-state index contributed by atoms with van der Waals surface area (Å²) in [6.45, 7) is 8.26. The van der Waals surface area contributed by atoms with E-state index < -0.39 is 0 Å². The summed E-state index contributed by atoms with van der Waals surface area (Å²) in [4.78, 5) is 19.1. The van der Waals surface area contributed by atoms with Crippen molar-refractivity contribution < 1.29 is 4.79 Å². The summed E-state index contributed by atoms with van der Waals surface area (Å²) in [5.74, 6) is 2.04. The molecule has 2 atom stereocenters. The lowest BCUT2D eigenvalue weighted by Gasteiger charge is -2.19. The zero-order valence-corrected chi connectivity index (χ0v) is 13.1. The van der Waals surface area contributed by atoms with Crippen LogP contribution in [0, 0.1) is 11.8 Å². The van der Waals surface area contributed by atoms with Gasteiger partial charge in [0.1, 0.15) is 5.69 Å². The second-order valence-electron chi connectivity index (χ2n) is 6.27. The molecular weight excluding hydrogens is 270 g/mol. The number of hydrogen-bond acceptors (Lipinski definition) is 4. The Bertz CT molecular complexity index is 471. The van der Waals surface area contributed by atoms with Crippen molar-refractivity contribution in [3.05, 3.63) is 16.1 Å². The standard InChI is InChI=1S/C15H23N3OS/c1-10(2)14-17-13(9-20-14)15(19)18-5-3-11-7-16-8-12(11)4-6-18/h9-12,16H,3-8H2,1-2H3/t11-,12+. The van der Waals surface area contributed by atoms with Crippen molar-refractivity contribution in [1.29, 1.82) is 0 Å². The Morgan fingerprint density at radius 3 is 2.55 bits per heavy atom. The number of aromatic nitrogens is 1. The maximum Gasteiger partial charge on any atom is 0.273 e. The molecule has 1 aromatic heterocycles. The monoisotopic (exact) mass is 293 g/mol. The Morgan fingerprint density at radius 2 is 2.00 bits per heavy atom. The third-order valence-electron chi connectivity index (χ3n) is 4.54. The molecule has 0 aromatic carbocycles. The normalized spacial score (nSPS) is 26.6. The first kappa shape index (κ1) is 14.0. The number of amides is 1. The van der Waals surface area contributed by atoms with Gasteiger partial charge in [0.15, 0.2) is 0 Å². The van der Waals surface area contributed by atoms with Crippen LogP contribution in [0.15, 0.2) is 5.38 Å². The summed E-state index contributed by atoms with van der Waals surface area (Å²) < 4.78 is 0. The topological polar surface area (TPSA) is 45.2 Å².